The lowest BCUT2D eigenvalue weighted by molar-refractivity contribution is 0.518. The Morgan fingerprint density at radius 1 is 1.18 bits per heavy atom. The molecular formula is C11H15F2NO2S. The summed E-state index contributed by atoms with van der Waals surface area (Å²) in [5.41, 5.74) is 5.75. The SMILES string of the molecule is CS(=O)(=O)c1c(F)cc(CCCCN)cc1F. The molecule has 0 aliphatic heterocycles. The molecular weight excluding hydrogens is 248 g/mol. The molecule has 0 bridgehead atoms. The standard InChI is InChI=1S/C11H15F2NO2S/c1-17(15,16)11-9(12)6-8(7-10(11)13)4-2-3-5-14/h6-7H,2-5,14H2,1H3. The summed E-state index contributed by atoms with van der Waals surface area (Å²) in [5, 5.41) is 0. The Bertz CT molecular complexity index is 477. The third kappa shape index (κ3) is 3.74. The molecule has 17 heavy (non-hydrogen) atoms. The minimum Gasteiger partial charge on any atom is -0.330 e. The molecule has 0 atom stereocenters. The predicted octanol–water partition coefficient (Wildman–Crippen LogP) is 1.65. The van der Waals surface area contributed by atoms with Crippen molar-refractivity contribution in [2.24, 2.45) is 5.73 Å². The first-order chi connectivity index (χ1) is 7.86. The number of benzene rings is 1. The van der Waals surface area contributed by atoms with Gasteiger partial charge in [-0.15, -0.1) is 0 Å². The molecule has 2 N–H and O–H groups in total. The number of sulfone groups is 1. The van der Waals surface area contributed by atoms with Crippen LogP contribution in [0, 0.1) is 11.6 Å². The van der Waals surface area contributed by atoms with Crippen LogP contribution < -0.4 is 5.73 Å². The summed E-state index contributed by atoms with van der Waals surface area (Å²) in [5.74, 6) is -2.06. The molecule has 0 fully saturated rings. The zero-order chi connectivity index (χ0) is 13.1. The molecule has 1 aromatic rings. The second-order valence-corrected chi connectivity index (χ2v) is 5.86. The molecule has 0 saturated heterocycles. The van der Waals surface area contributed by atoms with Crippen molar-refractivity contribution in [2.45, 2.75) is 24.2 Å². The van der Waals surface area contributed by atoms with Gasteiger partial charge in [0, 0.05) is 6.26 Å². The van der Waals surface area contributed by atoms with Gasteiger partial charge in [0.1, 0.15) is 16.5 Å². The summed E-state index contributed by atoms with van der Waals surface area (Å²) < 4.78 is 49.2. The molecule has 1 rings (SSSR count). The first kappa shape index (κ1) is 14.1. The van der Waals surface area contributed by atoms with E-state index in [0.29, 0.717) is 24.9 Å². The van der Waals surface area contributed by atoms with E-state index in [4.69, 9.17) is 5.73 Å². The van der Waals surface area contributed by atoms with Crippen molar-refractivity contribution in [1.82, 2.24) is 0 Å². The maximum Gasteiger partial charge on any atom is 0.181 e. The number of halogens is 2. The van der Waals surface area contributed by atoms with Crippen LogP contribution in [0.5, 0.6) is 0 Å². The number of rotatable bonds is 5. The largest absolute Gasteiger partial charge is 0.330 e. The van der Waals surface area contributed by atoms with Gasteiger partial charge in [0.05, 0.1) is 0 Å². The van der Waals surface area contributed by atoms with E-state index < -0.39 is 26.4 Å². The van der Waals surface area contributed by atoms with Gasteiger partial charge in [-0.05, 0) is 43.5 Å². The van der Waals surface area contributed by atoms with E-state index in [9.17, 15) is 17.2 Å². The van der Waals surface area contributed by atoms with Gasteiger partial charge >= 0.3 is 0 Å². The summed E-state index contributed by atoms with van der Waals surface area (Å²) in [6.07, 6.45) is 2.74. The molecule has 0 aliphatic carbocycles. The van der Waals surface area contributed by atoms with Crippen molar-refractivity contribution in [3.05, 3.63) is 29.3 Å². The van der Waals surface area contributed by atoms with Crippen molar-refractivity contribution in [1.29, 1.82) is 0 Å². The molecule has 0 heterocycles. The molecule has 3 nitrogen and oxygen atoms in total. The van der Waals surface area contributed by atoms with Gasteiger partial charge in [-0.25, -0.2) is 17.2 Å². The number of unbranched alkanes of at least 4 members (excludes halogenated alkanes) is 1. The van der Waals surface area contributed by atoms with Crippen LogP contribution in [0.25, 0.3) is 0 Å². The van der Waals surface area contributed by atoms with Gasteiger partial charge in [-0.1, -0.05) is 0 Å². The van der Waals surface area contributed by atoms with E-state index in [1.807, 2.05) is 0 Å². The maximum atomic E-state index is 13.5. The smallest absolute Gasteiger partial charge is 0.181 e. The molecule has 0 amide bonds. The van der Waals surface area contributed by atoms with Gasteiger partial charge < -0.3 is 5.73 Å². The fourth-order valence-electron chi connectivity index (χ4n) is 1.58. The Morgan fingerprint density at radius 2 is 1.71 bits per heavy atom. The number of aryl methyl sites for hydroxylation is 1. The summed E-state index contributed by atoms with van der Waals surface area (Å²) in [6, 6.07) is 2.13. The first-order valence-electron chi connectivity index (χ1n) is 5.24. The molecule has 0 unspecified atom stereocenters. The Labute approximate surface area is 99.6 Å². The van der Waals surface area contributed by atoms with E-state index in [0.717, 1.165) is 24.8 Å². The lowest BCUT2D eigenvalue weighted by Crippen LogP contribution is -2.06. The predicted molar refractivity (Wildman–Crippen MR) is 61.5 cm³/mol. The lowest BCUT2D eigenvalue weighted by atomic mass is 10.1. The molecule has 1 aromatic carbocycles. The zero-order valence-electron chi connectivity index (χ0n) is 9.54. The third-order valence-corrected chi connectivity index (χ3v) is 3.48. The van der Waals surface area contributed by atoms with E-state index in [1.54, 1.807) is 0 Å². The minimum absolute atomic E-state index is 0.445. The third-order valence-electron chi connectivity index (χ3n) is 2.35. The quantitative estimate of drug-likeness (QED) is 0.822. The molecule has 0 aliphatic rings. The molecule has 0 saturated carbocycles. The van der Waals surface area contributed by atoms with Gasteiger partial charge in [-0.3, -0.25) is 0 Å². The monoisotopic (exact) mass is 263 g/mol. The molecule has 0 radical (unpaired) electrons. The summed E-state index contributed by atoms with van der Waals surface area (Å²) in [7, 11) is -3.88. The van der Waals surface area contributed by atoms with Crippen LogP contribution in [0.4, 0.5) is 8.78 Å². The lowest BCUT2D eigenvalue weighted by Gasteiger charge is -2.06. The van der Waals surface area contributed by atoms with Crippen molar-refractivity contribution < 1.29 is 17.2 Å². The average molecular weight is 263 g/mol. The highest BCUT2D eigenvalue weighted by molar-refractivity contribution is 7.90. The van der Waals surface area contributed by atoms with Gasteiger partial charge in [-0.2, -0.15) is 0 Å². The van der Waals surface area contributed by atoms with Crippen LogP contribution in [0.3, 0.4) is 0 Å². The summed E-state index contributed by atoms with van der Waals surface area (Å²) >= 11 is 0. The van der Waals surface area contributed by atoms with E-state index >= 15 is 0 Å². The van der Waals surface area contributed by atoms with Crippen LogP contribution in [0.2, 0.25) is 0 Å². The van der Waals surface area contributed by atoms with E-state index in [1.165, 1.54) is 0 Å². The van der Waals surface area contributed by atoms with E-state index in [-0.39, 0.29) is 0 Å². The van der Waals surface area contributed by atoms with Crippen molar-refractivity contribution in [2.75, 3.05) is 12.8 Å². The minimum atomic E-state index is -3.88. The first-order valence-corrected chi connectivity index (χ1v) is 7.13. The van der Waals surface area contributed by atoms with Gasteiger partial charge in [0.2, 0.25) is 0 Å². The highest BCUT2D eigenvalue weighted by Crippen LogP contribution is 2.21. The second-order valence-electron chi connectivity index (χ2n) is 3.91. The summed E-state index contributed by atoms with van der Waals surface area (Å²) in [4.78, 5) is -0.861. The van der Waals surface area contributed by atoms with Crippen LogP contribution in [-0.2, 0) is 16.3 Å². The highest BCUT2D eigenvalue weighted by atomic mass is 32.2. The van der Waals surface area contributed by atoms with Crippen LogP contribution >= 0.6 is 0 Å². The Morgan fingerprint density at radius 3 is 2.12 bits per heavy atom. The number of hydrogen-bond acceptors (Lipinski definition) is 3. The van der Waals surface area contributed by atoms with Crippen molar-refractivity contribution in [3.8, 4) is 0 Å². The Balaban J connectivity index is 3.02. The second kappa shape index (κ2) is 5.55. The van der Waals surface area contributed by atoms with Gasteiger partial charge in [0.15, 0.2) is 9.84 Å². The van der Waals surface area contributed by atoms with Gasteiger partial charge in [0.25, 0.3) is 0 Å². The molecule has 0 spiro atoms. The normalized spacial score (nSPS) is 11.8. The fraction of sp³-hybridized carbons (Fsp3) is 0.455. The van der Waals surface area contributed by atoms with Crippen molar-refractivity contribution >= 4 is 9.84 Å². The van der Waals surface area contributed by atoms with Crippen LogP contribution in [0.15, 0.2) is 17.0 Å². The maximum absolute atomic E-state index is 13.5. The van der Waals surface area contributed by atoms with Crippen LogP contribution in [0.1, 0.15) is 18.4 Å². The average Bonchev–Trinajstić information content (AvgIpc) is 2.14. The molecule has 6 heteroatoms. The zero-order valence-corrected chi connectivity index (χ0v) is 10.4. The number of hydrogen-bond donors (Lipinski definition) is 1. The fourth-order valence-corrected chi connectivity index (χ4v) is 2.41. The molecule has 96 valence electrons. The number of nitrogens with two attached hydrogens (primary N) is 1. The van der Waals surface area contributed by atoms with E-state index in [2.05, 4.69) is 0 Å². The van der Waals surface area contributed by atoms with Crippen molar-refractivity contribution in [3.63, 3.8) is 0 Å². The highest BCUT2D eigenvalue weighted by Gasteiger charge is 2.20. The molecule has 0 aromatic heterocycles. The topological polar surface area (TPSA) is 60.2 Å². The van der Waals surface area contributed by atoms with Crippen LogP contribution in [-0.4, -0.2) is 21.2 Å². The Kier molecular flexibility index (Phi) is 4.59. The summed E-state index contributed by atoms with van der Waals surface area (Å²) in [6.45, 7) is 0.520. The Hall–Kier alpha value is -1.01.